The van der Waals surface area contributed by atoms with E-state index in [0.717, 1.165) is 18.5 Å². The molecule has 1 heterocycles. The average molecular weight is 205 g/mol. The third-order valence-corrected chi connectivity index (χ3v) is 3.48. The highest BCUT2D eigenvalue weighted by atomic mass is 16.3. The summed E-state index contributed by atoms with van der Waals surface area (Å²) < 4.78 is 0. The fourth-order valence-corrected chi connectivity index (χ4v) is 2.42. The molecule has 2 nitrogen and oxygen atoms in total. The van der Waals surface area contributed by atoms with Crippen molar-refractivity contribution in [3.05, 3.63) is 35.9 Å². The molecule has 1 aliphatic heterocycles. The van der Waals surface area contributed by atoms with E-state index in [9.17, 15) is 5.11 Å². The van der Waals surface area contributed by atoms with Crippen LogP contribution in [0.3, 0.4) is 0 Å². The number of hydrogen-bond acceptors (Lipinski definition) is 2. The molecule has 2 heteroatoms. The van der Waals surface area contributed by atoms with Gasteiger partial charge in [0.05, 0.1) is 5.60 Å². The molecule has 1 aliphatic rings. The zero-order valence-corrected chi connectivity index (χ0v) is 9.40. The maximum absolute atomic E-state index is 10.7. The van der Waals surface area contributed by atoms with E-state index in [1.165, 1.54) is 0 Å². The van der Waals surface area contributed by atoms with Gasteiger partial charge in [-0.15, -0.1) is 0 Å². The average Bonchev–Trinajstić information content (AvgIpc) is 2.25. The van der Waals surface area contributed by atoms with E-state index in [1.807, 2.05) is 30.3 Å². The maximum atomic E-state index is 10.7. The minimum Gasteiger partial charge on any atom is -0.385 e. The van der Waals surface area contributed by atoms with Gasteiger partial charge in [-0.2, -0.15) is 0 Å². The van der Waals surface area contributed by atoms with Crippen LogP contribution in [0.4, 0.5) is 0 Å². The molecule has 1 aromatic carbocycles. The fourth-order valence-electron chi connectivity index (χ4n) is 2.42. The SMILES string of the molecule is C[C@@H]1CN[C@@H](C)C[C@]1(O)c1ccccc1. The standard InChI is InChI=1S/C13H19NO/c1-10-9-14-11(2)8-13(10,15)12-6-4-3-5-7-12/h3-7,10-11,14-15H,8-9H2,1-2H3/t10-,11+,13-/m1/s1. The second-order valence-electron chi connectivity index (χ2n) is 4.70. The predicted octanol–water partition coefficient (Wildman–Crippen LogP) is 1.89. The third-order valence-electron chi connectivity index (χ3n) is 3.48. The van der Waals surface area contributed by atoms with Crippen LogP contribution in [0.1, 0.15) is 25.8 Å². The van der Waals surface area contributed by atoms with Gasteiger partial charge < -0.3 is 10.4 Å². The molecule has 0 amide bonds. The van der Waals surface area contributed by atoms with Crippen LogP contribution in [0.5, 0.6) is 0 Å². The van der Waals surface area contributed by atoms with Crippen LogP contribution in [-0.4, -0.2) is 17.7 Å². The van der Waals surface area contributed by atoms with Crippen LogP contribution < -0.4 is 5.32 Å². The third kappa shape index (κ3) is 1.92. The Morgan fingerprint density at radius 2 is 1.93 bits per heavy atom. The first kappa shape index (κ1) is 10.7. The Morgan fingerprint density at radius 3 is 2.60 bits per heavy atom. The van der Waals surface area contributed by atoms with Crippen LogP contribution in [0.25, 0.3) is 0 Å². The molecule has 82 valence electrons. The van der Waals surface area contributed by atoms with Crippen LogP contribution in [0, 0.1) is 5.92 Å². The van der Waals surface area contributed by atoms with E-state index in [2.05, 4.69) is 19.2 Å². The minimum atomic E-state index is -0.661. The molecule has 0 radical (unpaired) electrons. The predicted molar refractivity (Wildman–Crippen MR) is 61.6 cm³/mol. The molecule has 0 aliphatic carbocycles. The van der Waals surface area contributed by atoms with Gasteiger partial charge >= 0.3 is 0 Å². The van der Waals surface area contributed by atoms with Crippen LogP contribution in [0.2, 0.25) is 0 Å². The number of benzene rings is 1. The lowest BCUT2D eigenvalue weighted by molar-refractivity contribution is -0.0507. The highest BCUT2D eigenvalue weighted by Gasteiger charge is 2.39. The van der Waals surface area contributed by atoms with Crippen molar-refractivity contribution < 1.29 is 5.11 Å². The Bertz CT molecular complexity index is 325. The molecule has 0 saturated carbocycles. The molecule has 3 atom stereocenters. The van der Waals surface area contributed by atoms with Gasteiger partial charge in [0.15, 0.2) is 0 Å². The molecular weight excluding hydrogens is 186 g/mol. The van der Waals surface area contributed by atoms with Crippen molar-refractivity contribution >= 4 is 0 Å². The molecule has 0 bridgehead atoms. The van der Waals surface area contributed by atoms with Gasteiger partial charge in [-0.1, -0.05) is 37.3 Å². The van der Waals surface area contributed by atoms with E-state index < -0.39 is 5.60 Å². The van der Waals surface area contributed by atoms with Crippen molar-refractivity contribution in [2.75, 3.05) is 6.54 Å². The molecule has 1 saturated heterocycles. The summed E-state index contributed by atoms with van der Waals surface area (Å²) in [5, 5.41) is 14.1. The van der Waals surface area contributed by atoms with Gasteiger partial charge in [0.25, 0.3) is 0 Å². The molecule has 1 fully saturated rings. The van der Waals surface area contributed by atoms with E-state index in [0.29, 0.717) is 6.04 Å². The second-order valence-corrected chi connectivity index (χ2v) is 4.70. The smallest absolute Gasteiger partial charge is 0.0948 e. The monoisotopic (exact) mass is 205 g/mol. The molecule has 2 rings (SSSR count). The molecule has 0 unspecified atom stereocenters. The van der Waals surface area contributed by atoms with E-state index in [-0.39, 0.29) is 5.92 Å². The number of piperidine rings is 1. The maximum Gasteiger partial charge on any atom is 0.0948 e. The minimum absolute atomic E-state index is 0.260. The van der Waals surface area contributed by atoms with E-state index >= 15 is 0 Å². The highest BCUT2D eigenvalue weighted by molar-refractivity contribution is 5.24. The van der Waals surface area contributed by atoms with E-state index in [4.69, 9.17) is 0 Å². The second kappa shape index (κ2) is 3.95. The molecule has 0 spiro atoms. The summed E-state index contributed by atoms with van der Waals surface area (Å²) in [6.45, 7) is 5.11. The molecule has 0 aromatic heterocycles. The number of rotatable bonds is 1. The summed E-state index contributed by atoms with van der Waals surface area (Å²) >= 11 is 0. The van der Waals surface area contributed by atoms with Crippen molar-refractivity contribution in [3.8, 4) is 0 Å². The first-order chi connectivity index (χ1) is 7.13. The Hall–Kier alpha value is -0.860. The summed E-state index contributed by atoms with van der Waals surface area (Å²) in [5.41, 5.74) is 0.386. The van der Waals surface area contributed by atoms with Gasteiger partial charge in [-0.05, 0) is 18.9 Å². The summed E-state index contributed by atoms with van der Waals surface area (Å²) in [6, 6.07) is 10.4. The zero-order valence-electron chi connectivity index (χ0n) is 9.40. The summed E-state index contributed by atoms with van der Waals surface area (Å²) in [5.74, 6) is 0.260. The lowest BCUT2D eigenvalue weighted by atomic mass is 9.75. The first-order valence-corrected chi connectivity index (χ1v) is 5.64. The van der Waals surface area contributed by atoms with Gasteiger partial charge in [-0.25, -0.2) is 0 Å². The lowest BCUT2D eigenvalue weighted by Gasteiger charge is -2.42. The quantitative estimate of drug-likeness (QED) is 0.734. The van der Waals surface area contributed by atoms with Crippen molar-refractivity contribution in [3.63, 3.8) is 0 Å². The van der Waals surface area contributed by atoms with Crippen molar-refractivity contribution in [2.24, 2.45) is 5.92 Å². The van der Waals surface area contributed by atoms with Gasteiger partial charge in [0.2, 0.25) is 0 Å². The number of aliphatic hydroxyl groups is 1. The Morgan fingerprint density at radius 1 is 1.27 bits per heavy atom. The van der Waals surface area contributed by atoms with Crippen LogP contribution in [-0.2, 0) is 5.60 Å². The molecule has 2 N–H and O–H groups in total. The molecular formula is C13H19NO. The summed E-state index contributed by atoms with van der Waals surface area (Å²) in [6.07, 6.45) is 0.790. The Kier molecular flexibility index (Phi) is 2.81. The molecule has 1 aromatic rings. The van der Waals surface area contributed by atoms with Crippen molar-refractivity contribution in [1.29, 1.82) is 0 Å². The summed E-state index contributed by atoms with van der Waals surface area (Å²) in [4.78, 5) is 0. The normalized spacial score (nSPS) is 36.5. The highest BCUT2D eigenvalue weighted by Crippen LogP contribution is 2.36. The number of nitrogens with one attached hydrogen (secondary N) is 1. The van der Waals surface area contributed by atoms with Gasteiger partial charge in [0, 0.05) is 18.5 Å². The van der Waals surface area contributed by atoms with Gasteiger partial charge in [0.1, 0.15) is 0 Å². The largest absolute Gasteiger partial charge is 0.385 e. The van der Waals surface area contributed by atoms with Crippen molar-refractivity contribution in [1.82, 2.24) is 5.32 Å². The molecule has 15 heavy (non-hydrogen) atoms. The summed E-state index contributed by atoms with van der Waals surface area (Å²) in [7, 11) is 0. The van der Waals surface area contributed by atoms with E-state index in [1.54, 1.807) is 0 Å². The Labute approximate surface area is 91.3 Å². The fraction of sp³-hybridized carbons (Fsp3) is 0.538. The van der Waals surface area contributed by atoms with Crippen LogP contribution in [0.15, 0.2) is 30.3 Å². The Balaban J connectivity index is 2.31. The lowest BCUT2D eigenvalue weighted by Crippen LogP contribution is -2.50. The van der Waals surface area contributed by atoms with Crippen LogP contribution >= 0.6 is 0 Å². The topological polar surface area (TPSA) is 32.3 Å². The first-order valence-electron chi connectivity index (χ1n) is 5.64. The zero-order chi connectivity index (χ0) is 10.9. The van der Waals surface area contributed by atoms with Crippen molar-refractivity contribution in [2.45, 2.75) is 31.9 Å². The van der Waals surface area contributed by atoms with Gasteiger partial charge in [-0.3, -0.25) is 0 Å². The number of hydrogen-bond donors (Lipinski definition) is 2.